The number of esters is 1. The molecule has 0 aliphatic rings. The summed E-state index contributed by atoms with van der Waals surface area (Å²) in [5.74, 6) is -0.117. The van der Waals surface area contributed by atoms with E-state index < -0.39 is 16.8 Å². The van der Waals surface area contributed by atoms with Crippen molar-refractivity contribution in [3.8, 4) is 0 Å². The molecule has 5 nitrogen and oxygen atoms in total. The molecule has 0 aromatic carbocycles. The smallest absolute Gasteiger partial charge is 0.334 e. The first kappa shape index (κ1) is 22.8. The molecule has 0 aromatic rings. The minimum atomic E-state index is -2.02. The Morgan fingerprint density at radius 3 is 1.91 bits per heavy atom. The van der Waals surface area contributed by atoms with Crippen LogP contribution in [0.4, 0.5) is 0 Å². The van der Waals surface area contributed by atoms with E-state index in [2.05, 4.69) is 30.8 Å². The first-order chi connectivity index (χ1) is 10.7. The third-order valence-electron chi connectivity index (χ3n) is 3.94. The number of carbonyl (C=O) groups excluding carboxylic acids is 1. The summed E-state index contributed by atoms with van der Waals surface area (Å²) in [5.41, 5.74) is 0. The van der Waals surface area contributed by atoms with E-state index in [0.29, 0.717) is 6.42 Å². The van der Waals surface area contributed by atoms with Gasteiger partial charge in [-0.25, -0.2) is 0 Å². The third-order valence-corrected chi connectivity index (χ3v) is 9.35. The zero-order valence-corrected chi connectivity index (χ0v) is 18.2. The Morgan fingerprint density at radius 1 is 0.957 bits per heavy atom. The van der Waals surface area contributed by atoms with Crippen molar-refractivity contribution in [2.24, 2.45) is 0 Å². The van der Waals surface area contributed by atoms with Crippen molar-refractivity contribution in [3.63, 3.8) is 0 Å². The Balaban J connectivity index is 4.41. The van der Waals surface area contributed by atoms with Gasteiger partial charge in [-0.05, 0) is 52.4 Å². The average Bonchev–Trinajstić information content (AvgIpc) is 2.44. The predicted molar refractivity (Wildman–Crippen MR) is 100 cm³/mol. The molecule has 0 amide bonds. The van der Waals surface area contributed by atoms with Gasteiger partial charge in [0, 0.05) is 19.6 Å². The molecule has 0 N–H and O–H groups in total. The van der Waals surface area contributed by atoms with Gasteiger partial charge in [-0.3, -0.25) is 4.79 Å². The van der Waals surface area contributed by atoms with Gasteiger partial charge in [-0.15, -0.1) is 0 Å². The summed E-state index contributed by atoms with van der Waals surface area (Å²) in [6, 6.07) is 1.02. The molecule has 0 aliphatic carbocycles. The molecule has 0 spiro atoms. The highest BCUT2D eigenvalue weighted by molar-refractivity contribution is 6.73. The predicted octanol–water partition coefficient (Wildman–Crippen LogP) is 3.61. The van der Waals surface area contributed by atoms with E-state index in [9.17, 15) is 4.79 Å². The van der Waals surface area contributed by atoms with Gasteiger partial charge in [-0.1, -0.05) is 19.6 Å². The van der Waals surface area contributed by atoms with Crippen LogP contribution in [-0.4, -0.2) is 60.7 Å². The van der Waals surface area contributed by atoms with Crippen molar-refractivity contribution in [2.75, 3.05) is 33.4 Å². The quantitative estimate of drug-likeness (QED) is 0.369. The highest BCUT2D eigenvalue weighted by atomic mass is 28.4. The van der Waals surface area contributed by atoms with E-state index in [1.54, 1.807) is 0 Å². The van der Waals surface area contributed by atoms with Crippen LogP contribution in [0.25, 0.3) is 0 Å². The minimum absolute atomic E-state index is 0.117. The van der Waals surface area contributed by atoms with Crippen molar-refractivity contribution in [2.45, 2.75) is 65.3 Å². The number of methoxy groups -OCH3 is 1. The molecule has 0 unspecified atom stereocenters. The molecule has 0 saturated heterocycles. The van der Waals surface area contributed by atoms with Gasteiger partial charge in [0.25, 0.3) is 0 Å². The summed E-state index contributed by atoms with van der Waals surface area (Å²) in [6.45, 7) is 16.8. The second-order valence-corrected chi connectivity index (χ2v) is 15.3. The molecule has 0 aromatic heterocycles. The summed E-state index contributed by atoms with van der Waals surface area (Å²) in [6.07, 6.45) is 2.45. The molecule has 0 radical (unpaired) electrons. The van der Waals surface area contributed by atoms with E-state index >= 15 is 0 Å². The van der Waals surface area contributed by atoms with E-state index in [0.717, 1.165) is 45.2 Å². The van der Waals surface area contributed by atoms with Crippen LogP contribution in [0.15, 0.2) is 0 Å². The van der Waals surface area contributed by atoms with Crippen molar-refractivity contribution in [1.82, 2.24) is 4.57 Å². The fourth-order valence-corrected chi connectivity index (χ4v) is 6.74. The number of rotatable bonds is 13. The molecule has 0 saturated carbocycles. The Labute approximate surface area is 145 Å². The van der Waals surface area contributed by atoms with Crippen LogP contribution >= 0.6 is 0 Å². The van der Waals surface area contributed by atoms with Gasteiger partial charge < -0.3 is 18.2 Å². The monoisotopic (exact) mass is 363 g/mol. The fourth-order valence-electron chi connectivity index (χ4n) is 2.69. The molecular formula is C16H37NO4Si2. The van der Waals surface area contributed by atoms with E-state index in [1.807, 2.05) is 13.8 Å². The molecule has 0 aliphatic heterocycles. The first-order valence-corrected chi connectivity index (χ1v) is 14.8. The summed E-state index contributed by atoms with van der Waals surface area (Å²) < 4.78 is 19.1. The van der Waals surface area contributed by atoms with Crippen LogP contribution < -0.4 is 0 Å². The molecule has 0 atom stereocenters. The molecule has 0 heterocycles. The number of hydrogen-bond acceptors (Lipinski definition) is 5. The minimum Gasteiger partial charge on any atom is -0.469 e. The van der Waals surface area contributed by atoms with Crippen molar-refractivity contribution in [3.05, 3.63) is 0 Å². The highest BCUT2D eigenvalue weighted by Crippen LogP contribution is 2.19. The van der Waals surface area contributed by atoms with Gasteiger partial charge in [-0.2, -0.15) is 0 Å². The number of nitrogens with zero attached hydrogens (tertiary/aromatic N) is 1. The third kappa shape index (κ3) is 10.3. The average molecular weight is 364 g/mol. The van der Waals surface area contributed by atoms with Crippen molar-refractivity contribution >= 4 is 22.8 Å². The number of carbonyl (C=O) groups is 1. The van der Waals surface area contributed by atoms with Gasteiger partial charge >= 0.3 is 14.5 Å². The summed E-state index contributed by atoms with van der Waals surface area (Å²) >= 11 is 0. The summed E-state index contributed by atoms with van der Waals surface area (Å²) in [7, 11) is -1.95. The lowest BCUT2D eigenvalue weighted by Gasteiger charge is -2.35. The van der Waals surface area contributed by atoms with Crippen molar-refractivity contribution < 1.29 is 18.4 Å². The maximum Gasteiger partial charge on any atom is 0.334 e. The molecule has 0 bridgehead atoms. The standard InChI is InChI=1S/C16H37NO4Si2/c1-8-20-23(7,21-9-2)15-11-14-17(22(4,5)6)13-10-12-16(18)19-3/h8-15H2,1-7H3. The fraction of sp³-hybridized carbons (Fsp3) is 0.938. The Hall–Kier alpha value is -0.216. The van der Waals surface area contributed by atoms with E-state index in [-0.39, 0.29) is 5.97 Å². The normalized spacial score (nSPS) is 12.7. The SMILES string of the molecule is CCO[Si](C)(CCCN(CCCC(=O)OC)[Si](C)(C)C)OCC. The highest BCUT2D eigenvalue weighted by Gasteiger charge is 2.31. The zero-order chi connectivity index (χ0) is 17.9. The molecule has 0 rings (SSSR count). The first-order valence-electron chi connectivity index (χ1n) is 8.78. The van der Waals surface area contributed by atoms with Crippen LogP contribution in [0.5, 0.6) is 0 Å². The lowest BCUT2D eigenvalue weighted by atomic mass is 10.3. The Bertz CT molecular complexity index is 329. The van der Waals surface area contributed by atoms with Crippen LogP contribution in [0.3, 0.4) is 0 Å². The topological polar surface area (TPSA) is 48.0 Å². The number of hydrogen-bond donors (Lipinski definition) is 0. The number of ether oxygens (including phenoxy) is 1. The molecule has 138 valence electrons. The molecule has 23 heavy (non-hydrogen) atoms. The van der Waals surface area contributed by atoms with E-state index in [4.69, 9.17) is 13.6 Å². The Kier molecular flexibility index (Phi) is 11.3. The summed E-state index contributed by atoms with van der Waals surface area (Å²) in [4.78, 5) is 11.3. The zero-order valence-electron chi connectivity index (χ0n) is 16.2. The summed E-state index contributed by atoms with van der Waals surface area (Å²) in [5, 5.41) is 0. The van der Waals surface area contributed by atoms with Crippen LogP contribution in [-0.2, 0) is 18.4 Å². The van der Waals surface area contributed by atoms with Gasteiger partial charge in [0.1, 0.15) is 8.24 Å². The molecule has 0 fully saturated rings. The molecule has 7 heteroatoms. The van der Waals surface area contributed by atoms with Crippen LogP contribution in [0.1, 0.15) is 33.1 Å². The second-order valence-electron chi connectivity index (χ2n) is 6.94. The lowest BCUT2D eigenvalue weighted by Crippen LogP contribution is -2.48. The Morgan fingerprint density at radius 2 is 1.48 bits per heavy atom. The van der Waals surface area contributed by atoms with Gasteiger partial charge in [0.2, 0.25) is 0 Å². The van der Waals surface area contributed by atoms with Crippen LogP contribution in [0.2, 0.25) is 32.2 Å². The van der Waals surface area contributed by atoms with Crippen molar-refractivity contribution in [1.29, 1.82) is 0 Å². The van der Waals surface area contributed by atoms with Gasteiger partial charge in [0.05, 0.1) is 7.11 Å². The maximum absolute atomic E-state index is 11.3. The largest absolute Gasteiger partial charge is 0.469 e. The maximum atomic E-state index is 11.3. The molecular weight excluding hydrogens is 326 g/mol. The van der Waals surface area contributed by atoms with Gasteiger partial charge in [0.15, 0.2) is 0 Å². The van der Waals surface area contributed by atoms with Crippen LogP contribution in [0, 0.1) is 0 Å². The lowest BCUT2D eigenvalue weighted by molar-refractivity contribution is -0.140. The van der Waals surface area contributed by atoms with E-state index in [1.165, 1.54) is 7.11 Å². The second kappa shape index (κ2) is 11.4.